The molecule has 0 fully saturated rings. The Morgan fingerprint density at radius 1 is 1.26 bits per heavy atom. The summed E-state index contributed by atoms with van der Waals surface area (Å²) in [7, 11) is 1.32. The lowest BCUT2D eigenvalue weighted by Gasteiger charge is -2.10. The zero-order valence-corrected chi connectivity index (χ0v) is 15.4. The number of benzene rings is 2. The smallest absolute Gasteiger partial charge is 0.411 e. The lowest BCUT2D eigenvalue weighted by Crippen LogP contribution is -2.11. The largest absolute Gasteiger partial charge is 0.453 e. The summed E-state index contributed by atoms with van der Waals surface area (Å²) >= 11 is 5.41. The van der Waals surface area contributed by atoms with Crippen molar-refractivity contribution in [3.63, 3.8) is 0 Å². The summed E-state index contributed by atoms with van der Waals surface area (Å²) in [6, 6.07) is 18.5. The number of hydrogen-bond donors (Lipinski definition) is 1. The van der Waals surface area contributed by atoms with Gasteiger partial charge >= 0.3 is 6.09 Å². The van der Waals surface area contributed by atoms with Crippen LogP contribution in [0.25, 0.3) is 5.69 Å². The van der Waals surface area contributed by atoms with Crippen LogP contribution in [-0.4, -0.2) is 23.0 Å². The molecule has 1 amide bonds. The van der Waals surface area contributed by atoms with E-state index in [-0.39, 0.29) is 0 Å². The van der Waals surface area contributed by atoms with Crippen LogP contribution in [0.3, 0.4) is 0 Å². The molecule has 0 aliphatic carbocycles. The van der Waals surface area contributed by atoms with E-state index in [0.717, 1.165) is 16.9 Å². The van der Waals surface area contributed by atoms with Gasteiger partial charge in [0.05, 0.1) is 34.6 Å². The number of ether oxygens (including phenoxy) is 1. The zero-order valence-electron chi connectivity index (χ0n) is 14.5. The number of hydrogen-bond acceptors (Lipinski definition) is 5. The molecule has 2 aromatic carbocycles. The second kappa shape index (κ2) is 8.25. The van der Waals surface area contributed by atoms with Crippen molar-refractivity contribution in [2.45, 2.75) is 6.42 Å². The SMILES string of the molecule is COC(=O)Nc1cccc(Cc2nn(-c3cccc(C#N)c3)ccc2=S)c1. The molecule has 27 heavy (non-hydrogen) atoms. The Morgan fingerprint density at radius 3 is 2.85 bits per heavy atom. The van der Waals surface area contributed by atoms with Gasteiger partial charge in [-0.1, -0.05) is 30.4 Å². The number of carbonyl (C=O) groups excluding carboxylic acids is 1. The van der Waals surface area contributed by atoms with Crippen molar-refractivity contribution in [1.82, 2.24) is 9.78 Å². The molecule has 1 heterocycles. The summed E-state index contributed by atoms with van der Waals surface area (Å²) in [6.45, 7) is 0. The maximum absolute atomic E-state index is 11.4. The summed E-state index contributed by atoms with van der Waals surface area (Å²) in [4.78, 5) is 11.4. The van der Waals surface area contributed by atoms with E-state index in [0.29, 0.717) is 22.2 Å². The number of anilines is 1. The van der Waals surface area contributed by atoms with Gasteiger partial charge in [-0.05, 0) is 42.0 Å². The molecule has 7 heteroatoms. The van der Waals surface area contributed by atoms with E-state index in [1.807, 2.05) is 36.4 Å². The van der Waals surface area contributed by atoms with Crippen LogP contribution < -0.4 is 5.32 Å². The van der Waals surface area contributed by atoms with Gasteiger partial charge in [-0.2, -0.15) is 10.4 Å². The first-order valence-corrected chi connectivity index (χ1v) is 8.53. The summed E-state index contributed by atoms with van der Waals surface area (Å²) in [5.74, 6) is 0. The minimum absolute atomic E-state index is 0.508. The maximum Gasteiger partial charge on any atom is 0.411 e. The highest BCUT2D eigenvalue weighted by Gasteiger charge is 2.06. The van der Waals surface area contributed by atoms with Crippen molar-refractivity contribution in [1.29, 1.82) is 5.26 Å². The third kappa shape index (κ3) is 4.57. The van der Waals surface area contributed by atoms with E-state index >= 15 is 0 Å². The number of nitriles is 1. The molecule has 3 rings (SSSR count). The molecule has 0 atom stereocenters. The Hall–Kier alpha value is -3.50. The second-order valence-electron chi connectivity index (χ2n) is 5.73. The minimum atomic E-state index is -0.524. The topological polar surface area (TPSA) is 79.9 Å². The number of methoxy groups -OCH3 is 1. The highest BCUT2D eigenvalue weighted by Crippen LogP contribution is 2.16. The van der Waals surface area contributed by atoms with E-state index in [9.17, 15) is 4.79 Å². The fourth-order valence-electron chi connectivity index (χ4n) is 2.55. The van der Waals surface area contributed by atoms with Crippen LogP contribution in [0.4, 0.5) is 10.5 Å². The predicted octanol–water partition coefficient (Wildman–Crippen LogP) is 4.24. The van der Waals surface area contributed by atoms with Crippen LogP contribution in [0.2, 0.25) is 0 Å². The lowest BCUT2D eigenvalue weighted by atomic mass is 10.1. The Labute approximate surface area is 161 Å². The van der Waals surface area contributed by atoms with Crippen molar-refractivity contribution in [2.75, 3.05) is 12.4 Å². The average molecular weight is 376 g/mol. The standard InChI is InChI=1S/C20H16N4O2S/c1-26-20(25)22-16-6-2-4-14(10-16)12-18-19(27)8-9-24(23-18)17-7-3-5-15(11-17)13-21/h2-11H,12H2,1H3,(H,22,25). The Morgan fingerprint density at radius 2 is 2.07 bits per heavy atom. The fraction of sp³-hybridized carbons (Fsp3) is 0.100. The molecule has 0 aliphatic heterocycles. The van der Waals surface area contributed by atoms with Gasteiger partial charge in [-0.3, -0.25) is 5.32 Å². The number of rotatable bonds is 4. The van der Waals surface area contributed by atoms with Crippen molar-refractivity contribution in [3.8, 4) is 11.8 Å². The Bertz CT molecular complexity index is 1090. The van der Waals surface area contributed by atoms with E-state index in [1.54, 1.807) is 29.1 Å². The normalized spacial score (nSPS) is 10.1. The van der Waals surface area contributed by atoms with E-state index < -0.39 is 6.09 Å². The molecule has 3 aromatic rings. The van der Waals surface area contributed by atoms with E-state index in [4.69, 9.17) is 17.5 Å². The second-order valence-corrected chi connectivity index (χ2v) is 6.17. The Kier molecular flexibility index (Phi) is 5.59. The molecular formula is C20H16N4O2S. The van der Waals surface area contributed by atoms with Crippen LogP contribution in [0.5, 0.6) is 0 Å². The third-order valence-electron chi connectivity index (χ3n) is 3.85. The molecule has 1 N–H and O–H groups in total. The summed E-state index contributed by atoms with van der Waals surface area (Å²) < 4.78 is 6.95. The highest BCUT2D eigenvalue weighted by molar-refractivity contribution is 7.71. The molecule has 134 valence electrons. The molecule has 0 unspecified atom stereocenters. The van der Waals surface area contributed by atoms with Crippen LogP contribution in [-0.2, 0) is 11.2 Å². The number of carbonyl (C=O) groups is 1. The quantitative estimate of drug-likeness (QED) is 0.689. The van der Waals surface area contributed by atoms with Crippen molar-refractivity contribution < 1.29 is 9.53 Å². The van der Waals surface area contributed by atoms with Gasteiger partial charge in [0.1, 0.15) is 0 Å². The molecular weight excluding hydrogens is 360 g/mol. The van der Waals surface area contributed by atoms with Crippen molar-refractivity contribution in [2.24, 2.45) is 0 Å². The maximum atomic E-state index is 11.4. The van der Waals surface area contributed by atoms with Crippen LogP contribution >= 0.6 is 12.2 Å². The first-order valence-electron chi connectivity index (χ1n) is 8.12. The zero-order chi connectivity index (χ0) is 19.2. The molecule has 1 aromatic heterocycles. The number of nitrogens with zero attached hydrogens (tertiary/aromatic N) is 3. The minimum Gasteiger partial charge on any atom is -0.453 e. The molecule has 0 saturated heterocycles. The highest BCUT2D eigenvalue weighted by atomic mass is 32.1. The van der Waals surface area contributed by atoms with Gasteiger partial charge in [0, 0.05) is 18.3 Å². The third-order valence-corrected chi connectivity index (χ3v) is 4.22. The van der Waals surface area contributed by atoms with Crippen LogP contribution in [0.1, 0.15) is 16.8 Å². The van der Waals surface area contributed by atoms with Crippen LogP contribution in [0, 0.1) is 15.8 Å². The number of aromatic nitrogens is 2. The molecule has 0 spiro atoms. The monoisotopic (exact) mass is 376 g/mol. The van der Waals surface area contributed by atoms with Gasteiger partial charge in [0.2, 0.25) is 0 Å². The van der Waals surface area contributed by atoms with Crippen LogP contribution in [0.15, 0.2) is 60.8 Å². The lowest BCUT2D eigenvalue weighted by molar-refractivity contribution is 0.187. The first-order chi connectivity index (χ1) is 13.1. The number of amides is 1. The van der Waals surface area contributed by atoms with Crippen molar-refractivity contribution in [3.05, 3.63) is 82.1 Å². The average Bonchev–Trinajstić information content (AvgIpc) is 2.70. The molecule has 6 nitrogen and oxygen atoms in total. The molecule has 0 bridgehead atoms. The van der Waals surface area contributed by atoms with E-state index in [1.165, 1.54) is 7.11 Å². The number of nitrogens with one attached hydrogen (secondary N) is 1. The van der Waals surface area contributed by atoms with Gasteiger partial charge in [0.25, 0.3) is 0 Å². The van der Waals surface area contributed by atoms with Gasteiger partial charge in [-0.15, -0.1) is 0 Å². The molecule has 0 saturated carbocycles. The van der Waals surface area contributed by atoms with E-state index in [2.05, 4.69) is 21.2 Å². The summed E-state index contributed by atoms with van der Waals surface area (Å²) in [5.41, 5.74) is 3.66. The Balaban J connectivity index is 1.89. The fourth-order valence-corrected chi connectivity index (χ4v) is 2.73. The molecule has 0 aliphatic rings. The summed E-state index contributed by atoms with van der Waals surface area (Å²) in [6.07, 6.45) is 1.76. The summed E-state index contributed by atoms with van der Waals surface area (Å²) in [5, 5.41) is 16.3. The van der Waals surface area contributed by atoms with Gasteiger partial charge in [0.15, 0.2) is 0 Å². The van der Waals surface area contributed by atoms with Gasteiger partial charge in [-0.25, -0.2) is 9.48 Å². The van der Waals surface area contributed by atoms with Crippen molar-refractivity contribution >= 4 is 24.0 Å². The first kappa shape index (κ1) is 18.3. The van der Waals surface area contributed by atoms with Gasteiger partial charge < -0.3 is 4.74 Å². The molecule has 0 radical (unpaired) electrons. The predicted molar refractivity (Wildman–Crippen MR) is 104 cm³/mol.